The molecule has 2 aromatic heterocycles. The maximum atomic E-state index is 12.9. The first kappa shape index (κ1) is 41.3. The third-order valence-electron chi connectivity index (χ3n) is 8.37. The van der Waals surface area contributed by atoms with Gasteiger partial charge < -0.3 is 25.6 Å². The van der Waals surface area contributed by atoms with Crippen molar-refractivity contribution in [3.05, 3.63) is 102 Å². The smallest absolute Gasteiger partial charge is 0.392 e. The maximum Gasteiger partial charge on any atom is 0.405 e. The molecular weight excluding hydrogens is 669 g/mol. The number of rotatable bonds is 22. The lowest BCUT2D eigenvalue weighted by Gasteiger charge is -2.25. The van der Waals surface area contributed by atoms with E-state index in [0.29, 0.717) is 18.4 Å². The van der Waals surface area contributed by atoms with Gasteiger partial charge in [0.15, 0.2) is 11.2 Å². The number of anilines is 1. The Morgan fingerprint density at radius 2 is 1.65 bits per heavy atom. The summed E-state index contributed by atoms with van der Waals surface area (Å²) < 4.78 is 21.1. The van der Waals surface area contributed by atoms with Crippen molar-refractivity contribution in [2.75, 3.05) is 32.5 Å². The van der Waals surface area contributed by atoms with Crippen molar-refractivity contribution in [3.8, 4) is 0 Å². The molecule has 1 aliphatic carbocycles. The predicted molar refractivity (Wildman–Crippen MR) is 204 cm³/mol. The van der Waals surface area contributed by atoms with Gasteiger partial charge >= 0.3 is 7.75 Å². The van der Waals surface area contributed by atoms with Gasteiger partial charge in [-0.05, 0) is 64.0 Å². The van der Waals surface area contributed by atoms with E-state index < -0.39 is 31.4 Å². The number of H-pyrrole nitrogens is 1. The number of aromatic amines is 1. The highest BCUT2D eigenvalue weighted by Crippen LogP contribution is 2.48. The molecule has 0 aromatic carbocycles. The van der Waals surface area contributed by atoms with E-state index in [9.17, 15) is 24.2 Å². The average Bonchev–Trinajstić information content (AvgIpc) is 3.63. The van der Waals surface area contributed by atoms with Crippen LogP contribution in [-0.4, -0.2) is 72.9 Å². The molecule has 1 saturated carbocycles. The fourth-order valence-electron chi connectivity index (χ4n) is 5.42. The fourth-order valence-corrected chi connectivity index (χ4v) is 6.33. The van der Waals surface area contributed by atoms with Crippen LogP contribution in [0, 0.1) is 5.92 Å². The molecule has 13 nitrogen and oxygen atoms in total. The lowest BCUT2D eigenvalue weighted by Crippen LogP contribution is -2.32. The van der Waals surface area contributed by atoms with Crippen molar-refractivity contribution in [3.63, 3.8) is 0 Å². The SMILES string of the molecule is C=C1[C@H](COP(=O)(O)N(C)CCNC(=O)CC/C=C\C/C=C\C/C=C\C/C=C\C/C=C\C/C=C\CC)[C@@H](O)C[C@@H]1n1cnc2c(=O)[nH]c(N)nc21. The quantitative estimate of drug-likeness (QED) is 0.0731. The number of aromatic nitrogens is 4. The average molecular weight is 724 g/mol. The molecule has 6 N–H and O–H groups in total. The Kier molecular flexibility index (Phi) is 17.8. The Hall–Kier alpha value is -4.13. The molecule has 0 aliphatic heterocycles. The lowest BCUT2D eigenvalue weighted by atomic mass is 10.0. The molecule has 0 spiro atoms. The first-order chi connectivity index (χ1) is 24.5. The van der Waals surface area contributed by atoms with Crippen molar-refractivity contribution in [1.82, 2.24) is 29.5 Å². The van der Waals surface area contributed by atoms with Crippen LogP contribution in [0.25, 0.3) is 11.2 Å². The van der Waals surface area contributed by atoms with Crippen LogP contribution in [0.5, 0.6) is 0 Å². The Morgan fingerprint density at radius 1 is 1.08 bits per heavy atom. The molecule has 1 aliphatic rings. The van der Waals surface area contributed by atoms with Crippen molar-refractivity contribution < 1.29 is 23.9 Å². The second-order valence-electron chi connectivity index (χ2n) is 12.2. The third kappa shape index (κ3) is 13.8. The number of hydrogen-bond acceptors (Lipinski definition) is 8. The summed E-state index contributed by atoms with van der Waals surface area (Å²) in [6.07, 6.45) is 32.9. The van der Waals surface area contributed by atoms with Gasteiger partial charge in [-0.15, -0.1) is 0 Å². The molecule has 2 aromatic rings. The van der Waals surface area contributed by atoms with Gasteiger partial charge in [0.05, 0.1) is 25.1 Å². The Balaban J connectivity index is 1.27. The molecule has 1 amide bonds. The first-order valence-corrected chi connectivity index (χ1v) is 19.0. The summed E-state index contributed by atoms with van der Waals surface area (Å²) in [5.41, 5.74) is 6.12. The van der Waals surface area contributed by atoms with E-state index in [-0.39, 0.29) is 49.1 Å². The zero-order chi connectivity index (χ0) is 37.1. The van der Waals surface area contributed by atoms with Crippen LogP contribution in [0.1, 0.15) is 70.8 Å². The molecule has 14 heteroatoms. The third-order valence-corrected chi connectivity index (χ3v) is 9.91. The minimum absolute atomic E-state index is 0.0661. The van der Waals surface area contributed by atoms with E-state index in [1.54, 1.807) is 4.57 Å². The highest BCUT2D eigenvalue weighted by molar-refractivity contribution is 7.50. The van der Waals surface area contributed by atoms with Gasteiger partial charge in [0.25, 0.3) is 5.56 Å². The number of nitrogen functional groups attached to an aromatic ring is 1. The Labute approximate surface area is 300 Å². The summed E-state index contributed by atoms with van der Waals surface area (Å²) in [6, 6.07) is -0.466. The number of amides is 1. The maximum absolute atomic E-state index is 12.9. The van der Waals surface area contributed by atoms with E-state index >= 15 is 0 Å². The molecule has 0 saturated heterocycles. The number of imidazole rings is 1. The number of aliphatic hydroxyl groups is 1. The molecular formula is C37H54N7O6P. The minimum atomic E-state index is -4.23. The van der Waals surface area contributed by atoms with Gasteiger partial charge in [-0.1, -0.05) is 86.4 Å². The molecule has 0 bridgehead atoms. The van der Waals surface area contributed by atoms with Crippen LogP contribution < -0.4 is 16.6 Å². The van der Waals surface area contributed by atoms with Gasteiger partial charge in [-0.25, -0.2) is 14.2 Å². The molecule has 2 heterocycles. The van der Waals surface area contributed by atoms with Crippen molar-refractivity contribution in [1.29, 1.82) is 0 Å². The van der Waals surface area contributed by atoms with E-state index in [1.807, 2.05) is 12.2 Å². The molecule has 1 fully saturated rings. The number of allylic oxidation sites excluding steroid dienone is 12. The summed E-state index contributed by atoms with van der Waals surface area (Å²) in [4.78, 5) is 45.6. The lowest BCUT2D eigenvalue weighted by molar-refractivity contribution is -0.121. The molecule has 3 rings (SSSR count). The number of nitrogens with zero attached hydrogens (tertiary/aromatic N) is 4. The van der Waals surface area contributed by atoms with E-state index in [4.69, 9.17) is 10.3 Å². The summed E-state index contributed by atoms with van der Waals surface area (Å²) >= 11 is 0. The number of fused-ring (bicyclic) bond motifs is 1. The zero-order valence-electron chi connectivity index (χ0n) is 29.8. The van der Waals surface area contributed by atoms with Gasteiger partial charge in [0, 0.05) is 25.4 Å². The number of likely N-dealkylation sites (N-methyl/N-ethyl adjacent to an activating group) is 1. The zero-order valence-corrected chi connectivity index (χ0v) is 30.7. The van der Waals surface area contributed by atoms with Crippen molar-refractivity contribution >= 4 is 30.8 Å². The summed E-state index contributed by atoms with van der Waals surface area (Å²) in [5.74, 6) is -0.865. The molecule has 51 heavy (non-hydrogen) atoms. The standard InChI is InChI=1S/C37H54N7O6P/c1-4-5-6-7-8-9-10-11-12-13-14-15-16-17-18-19-20-21-22-23-33(46)39-24-25-43(3)51(48,49)50-27-30-29(2)31(26-32(30)45)44-28-40-34-35(44)41-37(38)42-36(34)47/h5-6,8-9,11-12,14-15,17-18,20-21,28,30-32,45H,2,4,7,10,13,16,19,22-27H2,1,3H3,(H,39,46)(H,48,49)(H3,38,41,42,47)/b6-5-,9-8-,12-11-,15-14-,18-17-,21-20-/t30-,31-,32-/m0/s1. The van der Waals surface area contributed by atoms with Crippen LogP contribution in [0.3, 0.4) is 0 Å². The topological polar surface area (TPSA) is 189 Å². The van der Waals surface area contributed by atoms with Gasteiger partial charge in [0.2, 0.25) is 11.9 Å². The second-order valence-corrected chi connectivity index (χ2v) is 14.2. The number of nitrogens with two attached hydrogens (primary N) is 1. The molecule has 0 radical (unpaired) electrons. The number of nitrogens with one attached hydrogen (secondary N) is 2. The highest BCUT2D eigenvalue weighted by Gasteiger charge is 2.40. The van der Waals surface area contributed by atoms with Crippen LogP contribution in [0.2, 0.25) is 0 Å². The highest BCUT2D eigenvalue weighted by atomic mass is 31.2. The van der Waals surface area contributed by atoms with Crippen LogP contribution >= 0.6 is 7.75 Å². The largest absolute Gasteiger partial charge is 0.405 e. The summed E-state index contributed by atoms with van der Waals surface area (Å²) in [7, 11) is -2.80. The van der Waals surface area contributed by atoms with Gasteiger partial charge in [-0.3, -0.25) is 19.1 Å². The van der Waals surface area contributed by atoms with Crippen LogP contribution in [0.4, 0.5) is 5.95 Å². The summed E-state index contributed by atoms with van der Waals surface area (Å²) in [5, 5.41) is 13.5. The van der Waals surface area contributed by atoms with Crippen molar-refractivity contribution in [2.45, 2.75) is 76.9 Å². The van der Waals surface area contributed by atoms with Gasteiger partial charge in [0.1, 0.15) is 0 Å². The number of hydrogen-bond donors (Lipinski definition) is 5. The number of aliphatic hydroxyl groups excluding tert-OH is 1. The van der Waals surface area contributed by atoms with Crippen LogP contribution in [-0.2, 0) is 13.9 Å². The predicted octanol–water partition coefficient (Wildman–Crippen LogP) is 5.82. The van der Waals surface area contributed by atoms with E-state index in [1.165, 1.54) is 13.4 Å². The first-order valence-electron chi connectivity index (χ1n) is 17.5. The number of carbonyl (C=O) groups excluding carboxylic acids is 1. The van der Waals surface area contributed by atoms with E-state index in [2.05, 4.69) is 94.5 Å². The monoisotopic (exact) mass is 723 g/mol. The van der Waals surface area contributed by atoms with E-state index in [0.717, 1.165) is 43.2 Å². The molecule has 1 unspecified atom stereocenters. The Morgan fingerprint density at radius 3 is 2.24 bits per heavy atom. The second kappa shape index (κ2) is 21.9. The van der Waals surface area contributed by atoms with Gasteiger partial charge in [-0.2, -0.15) is 4.98 Å². The number of carbonyl (C=O) groups is 1. The Bertz CT molecular complexity index is 1710. The molecule has 278 valence electrons. The fraction of sp³-hybridized carbons (Fsp3) is 0.459. The van der Waals surface area contributed by atoms with Crippen LogP contribution in [0.15, 0.2) is 96.2 Å². The normalized spacial score (nSPS) is 19.9. The summed E-state index contributed by atoms with van der Waals surface area (Å²) in [6.45, 7) is 6.21. The van der Waals surface area contributed by atoms with Crippen molar-refractivity contribution in [2.24, 2.45) is 5.92 Å². The molecule has 4 atom stereocenters. The minimum Gasteiger partial charge on any atom is -0.392 e.